The van der Waals surface area contributed by atoms with Gasteiger partial charge in [0.15, 0.2) is 9.84 Å². The number of hydrogen-bond donors (Lipinski definition) is 0. The van der Waals surface area contributed by atoms with E-state index in [1.807, 2.05) is 30.3 Å². The monoisotopic (exact) mass is 233 g/mol. The van der Waals surface area contributed by atoms with Gasteiger partial charge in [-0.25, -0.2) is 8.42 Å². The highest BCUT2D eigenvalue weighted by Crippen LogP contribution is 2.25. The van der Waals surface area contributed by atoms with E-state index in [2.05, 4.69) is 4.98 Å². The maximum atomic E-state index is 11.6. The van der Waals surface area contributed by atoms with Gasteiger partial charge in [-0.05, 0) is 11.6 Å². The van der Waals surface area contributed by atoms with Gasteiger partial charge in [-0.1, -0.05) is 30.3 Å². The van der Waals surface area contributed by atoms with Crippen LogP contribution < -0.4 is 0 Å². The molecule has 0 N–H and O–H groups in total. The lowest BCUT2D eigenvalue weighted by molar-refractivity contribution is 0.602. The Bertz CT molecular complexity index is 591. The van der Waals surface area contributed by atoms with Crippen LogP contribution in [-0.4, -0.2) is 19.7 Å². The van der Waals surface area contributed by atoms with E-state index in [-0.39, 0.29) is 4.90 Å². The van der Waals surface area contributed by atoms with Crippen LogP contribution in [-0.2, 0) is 9.84 Å². The SMILES string of the molecule is CS(=O)(=O)c1cnccc1-c1ccccc1. The second kappa shape index (κ2) is 4.06. The summed E-state index contributed by atoms with van der Waals surface area (Å²) >= 11 is 0. The van der Waals surface area contributed by atoms with Gasteiger partial charge < -0.3 is 0 Å². The first-order valence-corrected chi connectivity index (χ1v) is 6.67. The van der Waals surface area contributed by atoms with E-state index < -0.39 is 9.84 Å². The Labute approximate surface area is 94.7 Å². The number of sulfone groups is 1. The maximum Gasteiger partial charge on any atom is 0.177 e. The molecule has 1 aromatic carbocycles. The van der Waals surface area contributed by atoms with Gasteiger partial charge in [0.25, 0.3) is 0 Å². The number of pyridine rings is 1. The summed E-state index contributed by atoms with van der Waals surface area (Å²) in [5.41, 5.74) is 1.57. The van der Waals surface area contributed by atoms with Gasteiger partial charge in [0, 0.05) is 24.2 Å². The van der Waals surface area contributed by atoms with Gasteiger partial charge >= 0.3 is 0 Å². The molecule has 0 bridgehead atoms. The maximum absolute atomic E-state index is 11.6. The van der Waals surface area contributed by atoms with Crippen molar-refractivity contribution >= 4 is 9.84 Å². The largest absolute Gasteiger partial charge is 0.263 e. The molecule has 0 spiro atoms. The summed E-state index contributed by atoms with van der Waals surface area (Å²) in [5.74, 6) is 0. The number of hydrogen-bond acceptors (Lipinski definition) is 3. The van der Waals surface area contributed by atoms with E-state index >= 15 is 0 Å². The van der Waals surface area contributed by atoms with E-state index in [4.69, 9.17) is 0 Å². The zero-order valence-corrected chi connectivity index (χ0v) is 9.61. The quantitative estimate of drug-likeness (QED) is 0.798. The number of nitrogens with zero attached hydrogens (tertiary/aromatic N) is 1. The lowest BCUT2D eigenvalue weighted by atomic mass is 10.1. The summed E-state index contributed by atoms with van der Waals surface area (Å²) in [6.45, 7) is 0. The van der Waals surface area contributed by atoms with Crippen molar-refractivity contribution in [2.45, 2.75) is 4.90 Å². The molecule has 1 heterocycles. The van der Waals surface area contributed by atoms with Crippen molar-refractivity contribution < 1.29 is 8.42 Å². The fourth-order valence-electron chi connectivity index (χ4n) is 1.53. The van der Waals surface area contributed by atoms with Crippen LogP contribution in [0.3, 0.4) is 0 Å². The van der Waals surface area contributed by atoms with Crippen molar-refractivity contribution in [3.8, 4) is 11.1 Å². The minimum absolute atomic E-state index is 0.265. The first kappa shape index (κ1) is 10.8. The average molecular weight is 233 g/mol. The molecule has 2 rings (SSSR count). The van der Waals surface area contributed by atoms with Gasteiger partial charge in [-0.15, -0.1) is 0 Å². The van der Waals surface area contributed by atoms with Crippen molar-refractivity contribution in [2.24, 2.45) is 0 Å². The summed E-state index contributed by atoms with van der Waals surface area (Å²) in [6, 6.07) is 11.1. The second-order valence-electron chi connectivity index (χ2n) is 3.51. The van der Waals surface area contributed by atoms with Crippen LogP contribution in [0, 0.1) is 0 Å². The molecule has 3 nitrogen and oxygen atoms in total. The van der Waals surface area contributed by atoms with E-state index in [0.29, 0.717) is 5.56 Å². The minimum atomic E-state index is -3.24. The molecule has 0 aliphatic heterocycles. The fourth-order valence-corrected chi connectivity index (χ4v) is 2.37. The molecule has 0 radical (unpaired) electrons. The first-order chi connectivity index (χ1) is 7.59. The molecule has 1 aromatic heterocycles. The molecule has 0 fully saturated rings. The van der Waals surface area contributed by atoms with Crippen molar-refractivity contribution in [1.29, 1.82) is 0 Å². The van der Waals surface area contributed by atoms with Crippen LogP contribution in [0.1, 0.15) is 0 Å². The molecule has 0 saturated carbocycles. The molecule has 4 heteroatoms. The average Bonchev–Trinajstić information content (AvgIpc) is 2.29. The number of benzene rings is 1. The Morgan fingerprint density at radius 3 is 2.38 bits per heavy atom. The minimum Gasteiger partial charge on any atom is -0.263 e. The molecule has 2 aromatic rings. The Morgan fingerprint density at radius 2 is 1.75 bits per heavy atom. The van der Waals surface area contributed by atoms with Crippen molar-refractivity contribution in [1.82, 2.24) is 4.98 Å². The Morgan fingerprint density at radius 1 is 1.06 bits per heavy atom. The van der Waals surface area contributed by atoms with Gasteiger partial charge in [0.2, 0.25) is 0 Å². The van der Waals surface area contributed by atoms with Crippen LogP contribution in [0.5, 0.6) is 0 Å². The van der Waals surface area contributed by atoms with E-state index in [1.165, 1.54) is 12.5 Å². The van der Waals surface area contributed by atoms with Crippen LogP contribution in [0.15, 0.2) is 53.7 Å². The number of aromatic nitrogens is 1. The van der Waals surface area contributed by atoms with Crippen LogP contribution in [0.25, 0.3) is 11.1 Å². The normalized spacial score (nSPS) is 11.3. The molecule has 0 amide bonds. The van der Waals surface area contributed by atoms with Crippen molar-refractivity contribution in [3.05, 3.63) is 48.8 Å². The summed E-state index contributed by atoms with van der Waals surface area (Å²) in [6.07, 6.45) is 4.17. The van der Waals surface area contributed by atoms with E-state index in [9.17, 15) is 8.42 Å². The lowest BCUT2D eigenvalue weighted by Crippen LogP contribution is -2.00. The zero-order chi connectivity index (χ0) is 11.6. The highest BCUT2D eigenvalue weighted by molar-refractivity contribution is 7.90. The Hall–Kier alpha value is -1.68. The van der Waals surface area contributed by atoms with Gasteiger partial charge in [-0.2, -0.15) is 0 Å². The van der Waals surface area contributed by atoms with E-state index in [1.54, 1.807) is 12.3 Å². The molecule has 0 unspecified atom stereocenters. The third-order valence-electron chi connectivity index (χ3n) is 2.27. The predicted molar refractivity (Wildman–Crippen MR) is 62.8 cm³/mol. The molecule has 16 heavy (non-hydrogen) atoms. The van der Waals surface area contributed by atoms with Crippen molar-refractivity contribution in [2.75, 3.05) is 6.26 Å². The van der Waals surface area contributed by atoms with Gasteiger partial charge in [0.05, 0.1) is 4.90 Å². The third-order valence-corrected chi connectivity index (χ3v) is 3.39. The summed E-state index contributed by atoms with van der Waals surface area (Å²) in [5, 5.41) is 0. The molecule has 0 aliphatic carbocycles. The highest BCUT2D eigenvalue weighted by atomic mass is 32.2. The summed E-state index contributed by atoms with van der Waals surface area (Å²) < 4.78 is 23.2. The Balaban J connectivity index is 2.68. The zero-order valence-electron chi connectivity index (χ0n) is 8.79. The van der Waals surface area contributed by atoms with Crippen LogP contribution in [0.4, 0.5) is 0 Å². The van der Waals surface area contributed by atoms with Crippen LogP contribution in [0.2, 0.25) is 0 Å². The fraction of sp³-hybridized carbons (Fsp3) is 0.0833. The number of rotatable bonds is 2. The molecule has 0 saturated heterocycles. The molecular weight excluding hydrogens is 222 g/mol. The molecule has 82 valence electrons. The van der Waals surface area contributed by atoms with E-state index in [0.717, 1.165) is 5.56 Å². The standard InChI is InChI=1S/C12H11NO2S/c1-16(14,15)12-9-13-8-7-11(12)10-5-3-2-4-6-10/h2-9H,1H3. The third kappa shape index (κ3) is 2.12. The molecular formula is C12H11NO2S. The predicted octanol–water partition coefficient (Wildman–Crippen LogP) is 2.15. The topological polar surface area (TPSA) is 47.0 Å². The lowest BCUT2D eigenvalue weighted by Gasteiger charge is -2.06. The van der Waals surface area contributed by atoms with Crippen molar-refractivity contribution in [3.63, 3.8) is 0 Å². The van der Waals surface area contributed by atoms with Crippen LogP contribution >= 0.6 is 0 Å². The second-order valence-corrected chi connectivity index (χ2v) is 5.49. The highest BCUT2D eigenvalue weighted by Gasteiger charge is 2.13. The summed E-state index contributed by atoms with van der Waals surface area (Å²) in [7, 11) is -3.24. The molecule has 0 atom stereocenters. The smallest absolute Gasteiger partial charge is 0.177 e. The van der Waals surface area contributed by atoms with Gasteiger partial charge in [0.1, 0.15) is 0 Å². The summed E-state index contributed by atoms with van der Waals surface area (Å²) in [4.78, 5) is 4.12. The molecule has 0 aliphatic rings. The Kier molecular flexibility index (Phi) is 2.75. The first-order valence-electron chi connectivity index (χ1n) is 4.78. The van der Waals surface area contributed by atoms with Gasteiger partial charge in [-0.3, -0.25) is 4.98 Å².